The normalized spacial score (nSPS) is 15.1. The number of phenols is 2. The number of anilines is 1. The highest BCUT2D eigenvalue weighted by Crippen LogP contribution is 2.42. The number of ether oxygens (including phenoxy) is 2. The molecule has 0 saturated heterocycles. The van der Waals surface area contributed by atoms with E-state index in [9.17, 15) is 19.8 Å². The average Bonchev–Trinajstić information content (AvgIpc) is 2.67. The molecule has 3 rings (SSSR count). The number of fused-ring (bicyclic) bond motifs is 2. The fourth-order valence-corrected chi connectivity index (χ4v) is 3.06. The van der Waals surface area contributed by atoms with E-state index < -0.39 is 29.8 Å². The van der Waals surface area contributed by atoms with Crippen molar-refractivity contribution in [2.75, 3.05) is 12.4 Å². The number of benzene rings is 2. The van der Waals surface area contributed by atoms with Crippen LogP contribution >= 0.6 is 0 Å². The molecule has 1 aliphatic rings. The monoisotopic (exact) mass is 371 g/mol. The Morgan fingerprint density at radius 1 is 1.07 bits per heavy atom. The summed E-state index contributed by atoms with van der Waals surface area (Å²) in [4.78, 5) is 25.6. The first-order chi connectivity index (χ1) is 12.9. The average molecular weight is 371 g/mol. The summed E-state index contributed by atoms with van der Waals surface area (Å²) in [6.45, 7) is 3.58. The highest BCUT2D eigenvalue weighted by Gasteiger charge is 2.35. The van der Waals surface area contributed by atoms with Gasteiger partial charge in [-0.25, -0.2) is 0 Å². The minimum atomic E-state index is -0.537. The maximum atomic E-state index is 12.9. The Morgan fingerprint density at radius 2 is 1.67 bits per heavy atom. The second-order valence-corrected chi connectivity index (χ2v) is 6.23. The van der Waals surface area contributed by atoms with E-state index in [1.54, 1.807) is 19.1 Å². The minimum absolute atomic E-state index is 0.0990. The second kappa shape index (κ2) is 7.38. The molecule has 0 spiro atoms. The van der Waals surface area contributed by atoms with Gasteiger partial charge >= 0.3 is 0 Å². The molecule has 142 valence electrons. The summed E-state index contributed by atoms with van der Waals surface area (Å²) in [6, 6.07) is 7.54. The third kappa shape index (κ3) is 3.27. The van der Waals surface area contributed by atoms with Crippen molar-refractivity contribution in [3.63, 3.8) is 0 Å². The summed E-state index contributed by atoms with van der Waals surface area (Å²) in [5.74, 6) is -1.80. The molecule has 7 heteroatoms. The molecule has 0 aromatic heterocycles. The molecule has 3 N–H and O–H groups in total. The van der Waals surface area contributed by atoms with Crippen molar-refractivity contribution in [1.82, 2.24) is 0 Å². The summed E-state index contributed by atoms with van der Waals surface area (Å²) in [6.07, 6.45) is -0.503. The predicted molar refractivity (Wildman–Crippen MR) is 98.3 cm³/mol. The Hall–Kier alpha value is -2.90. The van der Waals surface area contributed by atoms with Gasteiger partial charge in [0.15, 0.2) is 23.6 Å². The van der Waals surface area contributed by atoms with Crippen LogP contribution in [0.15, 0.2) is 30.3 Å². The molecule has 2 aromatic rings. The number of carbonyl (C=O) groups excluding carboxylic acids is 2. The number of carbonyl (C=O) groups is 2. The van der Waals surface area contributed by atoms with E-state index in [4.69, 9.17) is 9.47 Å². The first-order valence-corrected chi connectivity index (χ1v) is 8.61. The number of phenolic OH excluding ortho intramolecular Hbond substituents is 2. The van der Waals surface area contributed by atoms with Gasteiger partial charge in [0, 0.05) is 24.3 Å². The smallest absolute Gasteiger partial charge is 0.198 e. The molecule has 27 heavy (non-hydrogen) atoms. The number of hydrogen-bond acceptors (Lipinski definition) is 7. The molecule has 0 aliphatic heterocycles. The van der Waals surface area contributed by atoms with Gasteiger partial charge in [0.1, 0.15) is 12.0 Å². The van der Waals surface area contributed by atoms with Crippen LogP contribution < -0.4 is 5.32 Å². The van der Waals surface area contributed by atoms with E-state index in [0.717, 1.165) is 0 Å². The molecule has 0 radical (unpaired) electrons. The lowest BCUT2D eigenvalue weighted by molar-refractivity contribution is -0.136. The summed E-state index contributed by atoms with van der Waals surface area (Å²) in [5, 5.41) is 24.0. The van der Waals surface area contributed by atoms with Crippen molar-refractivity contribution < 1.29 is 29.3 Å². The SMILES string of the molecule is CCC(Nc1cc(O)c2c(c1O)C(=O)c1ccccc1C2=O)OC(C)OC. The second-order valence-electron chi connectivity index (χ2n) is 6.23. The van der Waals surface area contributed by atoms with Gasteiger partial charge in [0.25, 0.3) is 0 Å². The minimum Gasteiger partial charge on any atom is -0.507 e. The van der Waals surface area contributed by atoms with Gasteiger partial charge < -0.3 is 25.0 Å². The molecule has 2 unspecified atom stereocenters. The molecule has 2 atom stereocenters. The molecule has 0 heterocycles. The first-order valence-electron chi connectivity index (χ1n) is 8.61. The van der Waals surface area contributed by atoms with Gasteiger partial charge in [0.05, 0.1) is 16.8 Å². The lowest BCUT2D eigenvalue weighted by Gasteiger charge is -2.25. The molecule has 1 aliphatic carbocycles. The fraction of sp³-hybridized carbons (Fsp3) is 0.300. The van der Waals surface area contributed by atoms with E-state index >= 15 is 0 Å². The Labute approximate surface area is 156 Å². The number of ketones is 2. The van der Waals surface area contributed by atoms with Crippen LogP contribution in [0.4, 0.5) is 5.69 Å². The van der Waals surface area contributed by atoms with Crippen LogP contribution in [0.25, 0.3) is 0 Å². The fourth-order valence-electron chi connectivity index (χ4n) is 3.06. The zero-order valence-electron chi connectivity index (χ0n) is 15.3. The van der Waals surface area contributed by atoms with Crippen LogP contribution in [0.3, 0.4) is 0 Å². The highest BCUT2D eigenvalue weighted by atomic mass is 16.7. The van der Waals surface area contributed by atoms with E-state index in [1.165, 1.54) is 25.3 Å². The van der Waals surface area contributed by atoms with Gasteiger partial charge in [-0.05, 0) is 13.3 Å². The van der Waals surface area contributed by atoms with Gasteiger partial charge in [-0.15, -0.1) is 0 Å². The Balaban J connectivity index is 2.05. The topological polar surface area (TPSA) is 105 Å². The van der Waals surface area contributed by atoms with Gasteiger partial charge in [0.2, 0.25) is 0 Å². The molecule has 0 fully saturated rings. The van der Waals surface area contributed by atoms with Crippen LogP contribution in [0.5, 0.6) is 11.5 Å². The van der Waals surface area contributed by atoms with Crippen molar-refractivity contribution in [2.24, 2.45) is 0 Å². The number of rotatable bonds is 6. The van der Waals surface area contributed by atoms with E-state index in [-0.39, 0.29) is 33.7 Å². The number of aromatic hydroxyl groups is 2. The maximum Gasteiger partial charge on any atom is 0.198 e. The Morgan fingerprint density at radius 3 is 2.22 bits per heavy atom. The maximum absolute atomic E-state index is 12.9. The van der Waals surface area contributed by atoms with Crippen LogP contribution in [0, 0.1) is 0 Å². The number of methoxy groups -OCH3 is 1. The molecular formula is C20H21NO6. The largest absolute Gasteiger partial charge is 0.507 e. The number of nitrogens with one attached hydrogen (secondary N) is 1. The predicted octanol–water partition coefficient (Wildman–Crippen LogP) is 3.03. The molecule has 7 nitrogen and oxygen atoms in total. The van der Waals surface area contributed by atoms with Crippen LogP contribution in [0.2, 0.25) is 0 Å². The summed E-state index contributed by atoms with van der Waals surface area (Å²) in [5.41, 5.74) is 0.0889. The van der Waals surface area contributed by atoms with Crippen molar-refractivity contribution in [2.45, 2.75) is 32.8 Å². The van der Waals surface area contributed by atoms with E-state index in [1.807, 2.05) is 6.92 Å². The van der Waals surface area contributed by atoms with Gasteiger partial charge in [-0.3, -0.25) is 9.59 Å². The third-order valence-electron chi connectivity index (χ3n) is 4.52. The molecule has 0 amide bonds. The Bertz CT molecular complexity index is 908. The highest BCUT2D eigenvalue weighted by molar-refractivity contribution is 6.30. The lowest BCUT2D eigenvalue weighted by atomic mass is 9.82. The quantitative estimate of drug-likeness (QED) is 0.347. The van der Waals surface area contributed by atoms with Crippen LogP contribution in [-0.4, -0.2) is 41.4 Å². The van der Waals surface area contributed by atoms with Crippen molar-refractivity contribution in [3.8, 4) is 11.5 Å². The zero-order valence-corrected chi connectivity index (χ0v) is 15.3. The van der Waals surface area contributed by atoms with Crippen LogP contribution in [0.1, 0.15) is 52.1 Å². The summed E-state index contributed by atoms with van der Waals surface area (Å²) < 4.78 is 10.7. The Kier molecular flexibility index (Phi) is 5.16. The van der Waals surface area contributed by atoms with Crippen molar-refractivity contribution >= 4 is 17.3 Å². The zero-order chi connectivity index (χ0) is 19.7. The standard InChI is InChI=1S/C20H21NO6/c1-4-15(27-10(2)26-3)21-13-9-14(22)16-17(20(13)25)19(24)12-8-6-5-7-11(12)18(16)23/h5-10,15,21-22,25H,4H2,1-3H3. The summed E-state index contributed by atoms with van der Waals surface area (Å²) >= 11 is 0. The van der Waals surface area contributed by atoms with E-state index in [2.05, 4.69) is 5.32 Å². The third-order valence-corrected chi connectivity index (χ3v) is 4.52. The molecular weight excluding hydrogens is 350 g/mol. The van der Waals surface area contributed by atoms with Gasteiger partial charge in [-0.2, -0.15) is 0 Å². The number of hydrogen-bond donors (Lipinski definition) is 3. The summed E-state index contributed by atoms with van der Waals surface area (Å²) in [7, 11) is 1.50. The van der Waals surface area contributed by atoms with Crippen molar-refractivity contribution in [1.29, 1.82) is 0 Å². The van der Waals surface area contributed by atoms with E-state index in [0.29, 0.717) is 6.42 Å². The molecule has 2 aromatic carbocycles. The first kappa shape index (κ1) is 18.9. The lowest BCUT2D eigenvalue weighted by Crippen LogP contribution is -2.28. The van der Waals surface area contributed by atoms with Gasteiger partial charge in [-0.1, -0.05) is 31.2 Å². The van der Waals surface area contributed by atoms with Crippen LogP contribution in [-0.2, 0) is 9.47 Å². The molecule has 0 bridgehead atoms. The van der Waals surface area contributed by atoms with Crippen molar-refractivity contribution in [3.05, 3.63) is 52.6 Å². The molecule has 0 saturated carbocycles.